The lowest BCUT2D eigenvalue weighted by Crippen LogP contribution is -2.19. The highest BCUT2D eigenvalue weighted by molar-refractivity contribution is 5.66. The molecule has 0 fully saturated rings. The molecule has 0 heterocycles. The Hall–Kier alpha value is -0.650. The SMILES string of the molecule is CN(C)CCOCCOCCC(=O)O. The first-order valence-electron chi connectivity index (χ1n) is 4.65. The van der Waals surface area contributed by atoms with Crippen LogP contribution >= 0.6 is 0 Å². The number of hydrogen-bond acceptors (Lipinski definition) is 4. The summed E-state index contributed by atoms with van der Waals surface area (Å²) in [5.74, 6) is -0.835. The van der Waals surface area contributed by atoms with Crippen LogP contribution in [0.2, 0.25) is 0 Å². The van der Waals surface area contributed by atoms with Crippen molar-refractivity contribution < 1.29 is 19.4 Å². The van der Waals surface area contributed by atoms with Gasteiger partial charge in [0.25, 0.3) is 0 Å². The zero-order chi connectivity index (χ0) is 10.8. The molecule has 0 spiro atoms. The van der Waals surface area contributed by atoms with Crippen molar-refractivity contribution in [3.63, 3.8) is 0 Å². The summed E-state index contributed by atoms with van der Waals surface area (Å²) in [5, 5.41) is 8.30. The fourth-order valence-electron chi connectivity index (χ4n) is 0.729. The lowest BCUT2D eigenvalue weighted by molar-refractivity contribution is -0.138. The molecule has 5 heteroatoms. The first kappa shape index (κ1) is 13.4. The molecular weight excluding hydrogens is 186 g/mol. The maximum atomic E-state index is 10.1. The van der Waals surface area contributed by atoms with E-state index >= 15 is 0 Å². The summed E-state index contributed by atoms with van der Waals surface area (Å²) >= 11 is 0. The second-order valence-electron chi connectivity index (χ2n) is 3.17. The van der Waals surface area contributed by atoms with Crippen molar-refractivity contribution in [2.75, 3.05) is 47.1 Å². The Labute approximate surface area is 84.6 Å². The van der Waals surface area contributed by atoms with Crippen LogP contribution in [0.4, 0.5) is 0 Å². The van der Waals surface area contributed by atoms with Crippen LogP contribution in [-0.2, 0) is 14.3 Å². The van der Waals surface area contributed by atoms with E-state index in [-0.39, 0.29) is 13.0 Å². The van der Waals surface area contributed by atoms with Crippen molar-refractivity contribution in [1.29, 1.82) is 0 Å². The van der Waals surface area contributed by atoms with Gasteiger partial charge in [0, 0.05) is 6.54 Å². The largest absolute Gasteiger partial charge is 0.481 e. The number of aliphatic carboxylic acids is 1. The van der Waals surface area contributed by atoms with Crippen molar-refractivity contribution in [3.05, 3.63) is 0 Å². The molecule has 0 aliphatic carbocycles. The van der Waals surface area contributed by atoms with E-state index in [0.717, 1.165) is 6.54 Å². The molecule has 0 amide bonds. The fourth-order valence-corrected chi connectivity index (χ4v) is 0.729. The fraction of sp³-hybridized carbons (Fsp3) is 0.889. The minimum Gasteiger partial charge on any atom is -0.481 e. The molecule has 0 aromatic rings. The van der Waals surface area contributed by atoms with Crippen LogP contribution in [0.5, 0.6) is 0 Å². The van der Waals surface area contributed by atoms with Crippen LogP contribution in [0.1, 0.15) is 6.42 Å². The van der Waals surface area contributed by atoms with Crippen molar-refractivity contribution in [2.24, 2.45) is 0 Å². The first-order chi connectivity index (χ1) is 6.63. The highest BCUT2D eigenvalue weighted by Gasteiger charge is 1.96. The van der Waals surface area contributed by atoms with Crippen molar-refractivity contribution in [1.82, 2.24) is 4.90 Å². The van der Waals surface area contributed by atoms with Gasteiger partial charge in [-0.3, -0.25) is 4.79 Å². The predicted octanol–water partition coefficient (Wildman–Crippen LogP) is 0.0559. The zero-order valence-electron chi connectivity index (χ0n) is 8.86. The van der Waals surface area contributed by atoms with E-state index in [2.05, 4.69) is 0 Å². The van der Waals surface area contributed by atoms with Gasteiger partial charge >= 0.3 is 5.97 Å². The zero-order valence-corrected chi connectivity index (χ0v) is 8.86. The number of carbonyl (C=O) groups is 1. The minimum atomic E-state index is -0.835. The summed E-state index contributed by atoms with van der Waals surface area (Å²) in [6, 6.07) is 0. The van der Waals surface area contributed by atoms with E-state index in [0.29, 0.717) is 19.8 Å². The Morgan fingerprint density at radius 3 is 2.21 bits per heavy atom. The highest BCUT2D eigenvalue weighted by Crippen LogP contribution is 1.84. The Bertz CT molecular complexity index is 150. The van der Waals surface area contributed by atoms with E-state index in [1.165, 1.54) is 0 Å². The number of hydrogen-bond donors (Lipinski definition) is 1. The van der Waals surface area contributed by atoms with Crippen LogP contribution in [0.15, 0.2) is 0 Å². The topological polar surface area (TPSA) is 59.0 Å². The molecule has 0 bridgehead atoms. The summed E-state index contributed by atoms with van der Waals surface area (Å²) in [7, 11) is 3.96. The molecule has 14 heavy (non-hydrogen) atoms. The second kappa shape index (κ2) is 8.93. The van der Waals surface area contributed by atoms with Crippen molar-refractivity contribution in [2.45, 2.75) is 6.42 Å². The van der Waals surface area contributed by atoms with Gasteiger partial charge in [0.2, 0.25) is 0 Å². The molecule has 0 aromatic heterocycles. The lowest BCUT2D eigenvalue weighted by Gasteiger charge is -2.09. The van der Waals surface area contributed by atoms with Crippen molar-refractivity contribution >= 4 is 5.97 Å². The third-order valence-corrected chi connectivity index (χ3v) is 1.52. The maximum absolute atomic E-state index is 10.1. The molecule has 0 aromatic carbocycles. The van der Waals surface area contributed by atoms with Crippen LogP contribution in [0, 0.1) is 0 Å². The number of rotatable bonds is 9. The van der Waals surface area contributed by atoms with Gasteiger partial charge in [-0.05, 0) is 14.1 Å². The number of carboxylic acids is 1. The van der Waals surface area contributed by atoms with Gasteiger partial charge in [-0.2, -0.15) is 0 Å². The Balaban J connectivity index is 2.96. The van der Waals surface area contributed by atoms with E-state index in [1.54, 1.807) is 0 Å². The normalized spacial score (nSPS) is 10.8. The monoisotopic (exact) mass is 205 g/mol. The molecule has 0 radical (unpaired) electrons. The summed E-state index contributed by atoms with van der Waals surface area (Å²) < 4.78 is 10.3. The van der Waals surface area contributed by atoms with Crippen LogP contribution in [-0.4, -0.2) is 63.0 Å². The Morgan fingerprint density at radius 1 is 1.14 bits per heavy atom. The third kappa shape index (κ3) is 11.4. The lowest BCUT2D eigenvalue weighted by atomic mass is 10.5. The molecule has 0 aliphatic heterocycles. The molecular formula is C9H19NO4. The highest BCUT2D eigenvalue weighted by atomic mass is 16.5. The number of ether oxygens (including phenoxy) is 2. The van der Waals surface area contributed by atoms with Crippen LogP contribution < -0.4 is 0 Å². The molecule has 5 nitrogen and oxygen atoms in total. The minimum absolute atomic E-state index is 0.0533. The Kier molecular flexibility index (Phi) is 8.51. The molecule has 0 aliphatic rings. The number of likely N-dealkylation sites (N-methyl/N-ethyl adjacent to an activating group) is 1. The van der Waals surface area contributed by atoms with Gasteiger partial charge in [-0.1, -0.05) is 0 Å². The Morgan fingerprint density at radius 2 is 1.71 bits per heavy atom. The third-order valence-electron chi connectivity index (χ3n) is 1.52. The quantitative estimate of drug-likeness (QED) is 0.539. The van der Waals surface area contributed by atoms with Gasteiger partial charge in [-0.15, -0.1) is 0 Å². The molecule has 1 N–H and O–H groups in total. The molecule has 84 valence electrons. The van der Waals surface area contributed by atoms with Gasteiger partial charge in [-0.25, -0.2) is 0 Å². The summed E-state index contributed by atoms with van der Waals surface area (Å²) in [6.45, 7) is 2.80. The van der Waals surface area contributed by atoms with Crippen LogP contribution in [0.25, 0.3) is 0 Å². The van der Waals surface area contributed by atoms with Gasteiger partial charge in [0.15, 0.2) is 0 Å². The van der Waals surface area contributed by atoms with E-state index < -0.39 is 5.97 Å². The average Bonchev–Trinajstić information content (AvgIpc) is 2.08. The van der Waals surface area contributed by atoms with Crippen LogP contribution in [0.3, 0.4) is 0 Å². The molecule has 0 saturated carbocycles. The van der Waals surface area contributed by atoms with E-state index in [9.17, 15) is 4.79 Å². The van der Waals surface area contributed by atoms with E-state index in [1.807, 2.05) is 19.0 Å². The molecule has 0 rings (SSSR count). The summed E-state index contributed by atoms with van der Waals surface area (Å²) in [5.41, 5.74) is 0. The second-order valence-corrected chi connectivity index (χ2v) is 3.17. The molecule has 0 atom stereocenters. The number of carboxylic acid groups (broad SMARTS) is 1. The van der Waals surface area contributed by atoms with E-state index in [4.69, 9.17) is 14.6 Å². The van der Waals surface area contributed by atoms with Gasteiger partial charge in [0.1, 0.15) is 0 Å². The summed E-state index contributed by atoms with van der Waals surface area (Å²) in [4.78, 5) is 12.1. The first-order valence-corrected chi connectivity index (χ1v) is 4.65. The van der Waals surface area contributed by atoms with Crippen molar-refractivity contribution in [3.8, 4) is 0 Å². The average molecular weight is 205 g/mol. The summed E-state index contributed by atoms with van der Waals surface area (Å²) in [6.07, 6.45) is 0.0533. The smallest absolute Gasteiger partial charge is 0.305 e. The predicted molar refractivity (Wildman–Crippen MR) is 52.4 cm³/mol. The molecule has 0 saturated heterocycles. The van der Waals surface area contributed by atoms with Gasteiger partial charge in [0.05, 0.1) is 32.8 Å². The molecule has 0 unspecified atom stereocenters. The number of nitrogens with zero attached hydrogens (tertiary/aromatic N) is 1. The standard InChI is InChI=1S/C9H19NO4/c1-10(2)4-6-14-8-7-13-5-3-9(11)12/h3-8H2,1-2H3,(H,11,12). The maximum Gasteiger partial charge on any atom is 0.305 e. The van der Waals surface area contributed by atoms with Gasteiger partial charge < -0.3 is 19.5 Å².